The highest BCUT2D eigenvalue weighted by Crippen LogP contribution is 2.51. The number of rotatable bonds is 13. The molecule has 8 heteroatoms. The number of hydrogen-bond donors (Lipinski definition) is 3. The van der Waals surface area contributed by atoms with E-state index in [2.05, 4.69) is 0 Å². The molecule has 0 radical (unpaired) electrons. The Bertz CT molecular complexity index is 567. The predicted octanol–water partition coefficient (Wildman–Crippen LogP) is 3.01. The van der Waals surface area contributed by atoms with Gasteiger partial charge >= 0.3 is 23.9 Å². The van der Waals surface area contributed by atoms with E-state index in [4.69, 9.17) is 4.74 Å². The summed E-state index contributed by atoms with van der Waals surface area (Å²) < 4.78 is 4.70. The van der Waals surface area contributed by atoms with E-state index >= 15 is 0 Å². The van der Waals surface area contributed by atoms with Crippen LogP contribution in [0.3, 0.4) is 0 Å². The van der Waals surface area contributed by atoms with Crippen molar-refractivity contribution in [2.45, 2.75) is 85.2 Å². The van der Waals surface area contributed by atoms with Crippen LogP contribution in [0.5, 0.6) is 0 Å². The molecule has 3 N–H and O–H groups in total. The summed E-state index contributed by atoms with van der Waals surface area (Å²) in [7, 11) is 0. The molecule has 162 valence electrons. The van der Waals surface area contributed by atoms with Gasteiger partial charge in [-0.2, -0.15) is 0 Å². The Labute approximate surface area is 166 Å². The van der Waals surface area contributed by atoms with Gasteiger partial charge in [0.15, 0.2) is 5.60 Å². The molecule has 0 aliphatic rings. The third-order valence-corrected chi connectivity index (χ3v) is 5.85. The van der Waals surface area contributed by atoms with Crippen LogP contribution in [-0.4, -0.2) is 44.8 Å². The van der Waals surface area contributed by atoms with Gasteiger partial charge in [-0.1, -0.05) is 47.0 Å². The molecule has 0 rings (SSSR count). The minimum Gasteiger partial charge on any atom is -0.481 e. The Morgan fingerprint density at radius 2 is 1.54 bits per heavy atom. The molecule has 0 spiro atoms. The van der Waals surface area contributed by atoms with E-state index < -0.39 is 47.2 Å². The van der Waals surface area contributed by atoms with Crippen LogP contribution in [0.1, 0.15) is 79.6 Å². The maximum absolute atomic E-state index is 12.9. The van der Waals surface area contributed by atoms with E-state index in [1.807, 2.05) is 13.8 Å². The summed E-state index contributed by atoms with van der Waals surface area (Å²) in [4.78, 5) is 47.6. The molecule has 28 heavy (non-hydrogen) atoms. The Hall–Kier alpha value is -1.96. The molecule has 0 bridgehead atoms. The number of carboxylic acids is 2. The third-order valence-electron chi connectivity index (χ3n) is 5.85. The molecule has 0 aliphatic heterocycles. The first-order valence-corrected chi connectivity index (χ1v) is 9.86. The molecule has 0 aromatic rings. The average Bonchev–Trinajstić information content (AvgIpc) is 2.59. The first kappa shape index (κ1) is 26.0. The fourth-order valence-electron chi connectivity index (χ4n) is 4.46. The van der Waals surface area contributed by atoms with Gasteiger partial charge in [0.2, 0.25) is 0 Å². The van der Waals surface area contributed by atoms with Gasteiger partial charge in [0.1, 0.15) is 5.92 Å². The van der Waals surface area contributed by atoms with Crippen molar-refractivity contribution in [2.24, 2.45) is 17.3 Å². The van der Waals surface area contributed by atoms with Gasteiger partial charge in [0, 0.05) is 6.92 Å². The Morgan fingerprint density at radius 1 is 1.00 bits per heavy atom. The highest BCUT2D eigenvalue weighted by molar-refractivity contribution is 5.94. The number of aliphatic hydroxyl groups is 1. The van der Waals surface area contributed by atoms with Gasteiger partial charge in [-0.3, -0.25) is 14.4 Å². The van der Waals surface area contributed by atoms with Crippen molar-refractivity contribution >= 4 is 23.9 Å². The molecular weight excluding hydrogens is 368 g/mol. The lowest BCUT2D eigenvalue weighted by molar-refractivity contribution is -0.197. The van der Waals surface area contributed by atoms with Crippen molar-refractivity contribution in [3.05, 3.63) is 0 Å². The number of carbonyl (C=O) groups is 4. The van der Waals surface area contributed by atoms with E-state index in [-0.39, 0.29) is 5.92 Å². The second-order valence-electron chi connectivity index (χ2n) is 7.33. The highest BCUT2D eigenvalue weighted by atomic mass is 16.6. The fraction of sp³-hybridized carbons (Fsp3) is 0.800. The third kappa shape index (κ3) is 5.77. The lowest BCUT2D eigenvalue weighted by Gasteiger charge is -2.48. The molecule has 0 aliphatic carbocycles. The lowest BCUT2D eigenvalue weighted by Crippen LogP contribution is -2.59. The van der Waals surface area contributed by atoms with Crippen LogP contribution in [-0.2, 0) is 23.9 Å². The molecule has 0 aromatic heterocycles. The number of unbranched alkanes of at least 4 members (excludes halogenated alkanes) is 1. The van der Waals surface area contributed by atoms with E-state index in [1.54, 1.807) is 13.8 Å². The number of hydrogen-bond acceptors (Lipinski definition) is 6. The minimum absolute atomic E-state index is 0.161. The molecule has 0 saturated heterocycles. The standard InChI is InChI=1S/C20H34O8/c1-6-10-11-14(7-2)19(8-3,9-4)16(17(24)28-13(5)21)20(27,18(25)26)12-15(22)23/h14,16,27H,6-12H2,1-5H3,(H,22,23)(H,25,26). The van der Waals surface area contributed by atoms with Crippen molar-refractivity contribution in [3.63, 3.8) is 0 Å². The summed E-state index contributed by atoms with van der Waals surface area (Å²) in [5.74, 6) is -7.38. The molecule has 3 unspecified atom stereocenters. The Morgan fingerprint density at radius 3 is 1.86 bits per heavy atom. The predicted molar refractivity (Wildman–Crippen MR) is 101 cm³/mol. The first-order chi connectivity index (χ1) is 13.0. The summed E-state index contributed by atoms with van der Waals surface area (Å²) >= 11 is 0. The zero-order valence-corrected chi connectivity index (χ0v) is 17.5. The van der Waals surface area contributed by atoms with Crippen LogP contribution < -0.4 is 0 Å². The quantitative estimate of drug-likeness (QED) is 0.316. The molecular formula is C20H34O8. The van der Waals surface area contributed by atoms with Crippen LogP contribution in [0.4, 0.5) is 0 Å². The lowest BCUT2D eigenvalue weighted by atomic mass is 9.56. The van der Waals surface area contributed by atoms with Gasteiger partial charge < -0.3 is 20.1 Å². The number of carboxylic acid groups (broad SMARTS) is 2. The van der Waals surface area contributed by atoms with Crippen molar-refractivity contribution in [1.29, 1.82) is 0 Å². The van der Waals surface area contributed by atoms with Gasteiger partial charge in [0.25, 0.3) is 0 Å². The van der Waals surface area contributed by atoms with Crippen molar-refractivity contribution < 1.29 is 39.2 Å². The minimum atomic E-state index is -2.90. The van der Waals surface area contributed by atoms with Crippen molar-refractivity contribution in [1.82, 2.24) is 0 Å². The molecule has 0 heterocycles. The molecule has 0 aromatic carbocycles. The Kier molecular flexibility index (Phi) is 10.4. The van der Waals surface area contributed by atoms with Gasteiger partial charge in [0.05, 0.1) is 6.42 Å². The molecule has 0 fully saturated rings. The van der Waals surface area contributed by atoms with Crippen LogP contribution in [0.25, 0.3) is 0 Å². The second kappa shape index (κ2) is 11.1. The van der Waals surface area contributed by atoms with Crippen LogP contribution in [0.15, 0.2) is 0 Å². The van der Waals surface area contributed by atoms with Crippen LogP contribution >= 0.6 is 0 Å². The fourth-order valence-corrected chi connectivity index (χ4v) is 4.46. The van der Waals surface area contributed by atoms with Gasteiger partial charge in [-0.25, -0.2) is 4.79 Å². The molecule has 0 amide bonds. The average molecular weight is 402 g/mol. The van der Waals surface area contributed by atoms with Gasteiger partial charge in [-0.05, 0) is 30.6 Å². The van der Waals surface area contributed by atoms with Gasteiger partial charge in [-0.15, -0.1) is 0 Å². The van der Waals surface area contributed by atoms with E-state index in [9.17, 15) is 34.5 Å². The van der Waals surface area contributed by atoms with Crippen LogP contribution in [0.2, 0.25) is 0 Å². The van der Waals surface area contributed by atoms with E-state index in [0.717, 1.165) is 19.8 Å². The van der Waals surface area contributed by atoms with E-state index in [0.29, 0.717) is 25.7 Å². The summed E-state index contributed by atoms with van der Waals surface area (Å²) in [6.45, 7) is 8.46. The smallest absolute Gasteiger partial charge is 0.337 e. The summed E-state index contributed by atoms with van der Waals surface area (Å²) in [5, 5.41) is 29.9. The monoisotopic (exact) mass is 402 g/mol. The highest BCUT2D eigenvalue weighted by Gasteiger charge is 2.60. The summed E-state index contributed by atoms with van der Waals surface area (Å²) in [6, 6.07) is 0. The molecule has 0 saturated carbocycles. The van der Waals surface area contributed by atoms with Crippen molar-refractivity contribution in [3.8, 4) is 0 Å². The topological polar surface area (TPSA) is 138 Å². The maximum atomic E-state index is 12.9. The largest absolute Gasteiger partial charge is 0.481 e. The second-order valence-corrected chi connectivity index (χ2v) is 7.33. The van der Waals surface area contributed by atoms with Crippen LogP contribution in [0, 0.1) is 17.3 Å². The maximum Gasteiger partial charge on any atom is 0.337 e. The molecule has 8 nitrogen and oxygen atoms in total. The number of carbonyl (C=O) groups excluding carboxylic acids is 2. The zero-order valence-electron chi connectivity index (χ0n) is 17.5. The SMILES string of the molecule is CCCCC(CC)C(CC)(CC)C(C(=O)OC(C)=O)C(O)(CC(=O)O)C(=O)O. The number of esters is 2. The number of ether oxygens (including phenoxy) is 1. The number of aliphatic carboxylic acids is 2. The summed E-state index contributed by atoms with van der Waals surface area (Å²) in [5.41, 5.74) is -3.94. The first-order valence-electron chi connectivity index (χ1n) is 9.86. The Balaban J connectivity index is 6.71. The van der Waals surface area contributed by atoms with E-state index in [1.165, 1.54) is 0 Å². The normalized spacial score (nSPS) is 15.9. The zero-order chi connectivity index (χ0) is 22.1. The summed E-state index contributed by atoms with van der Waals surface area (Å²) in [6.07, 6.45) is 2.47. The van der Waals surface area contributed by atoms with Crippen molar-refractivity contribution in [2.75, 3.05) is 0 Å². The molecule has 3 atom stereocenters.